The molecule has 0 spiro atoms. The Morgan fingerprint density at radius 3 is 1.66 bits per heavy atom. The van der Waals surface area contributed by atoms with E-state index in [1.165, 1.54) is 80.4 Å². The number of likely N-dealkylation sites (N-methyl/N-ethyl adjacent to an activating group) is 1. The van der Waals surface area contributed by atoms with E-state index in [1.54, 1.807) is 0 Å². The number of phosphoric acid groups is 1. The average Bonchev–Trinajstić information content (AvgIpc) is 3.51. The number of nitrogens with zero attached hydrogens (tertiary/aromatic N) is 1. The Morgan fingerprint density at radius 1 is 0.625 bits per heavy atom. The summed E-state index contributed by atoms with van der Waals surface area (Å²) in [4.78, 5) is 35.6. The van der Waals surface area contributed by atoms with E-state index in [-0.39, 0.29) is 32.7 Å². The molecule has 368 valence electrons. The van der Waals surface area contributed by atoms with Gasteiger partial charge in [-0.25, -0.2) is 4.57 Å². The fourth-order valence-electron chi connectivity index (χ4n) is 6.93. The molecule has 0 aliphatic rings. The molecule has 64 heavy (non-hydrogen) atoms. The third kappa shape index (κ3) is 34.5. The van der Waals surface area contributed by atoms with Crippen LogP contribution in [0, 0.1) is 13.8 Å². The Morgan fingerprint density at radius 2 is 1.11 bits per heavy atom. The van der Waals surface area contributed by atoms with Gasteiger partial charge < -0.3 is 28.4 Å². The van der Waals surface area contributed by atoms with Crippen molar-refractivity contribution in [3.63, 3.8) is 0 Å². The zero-order valence-electron chi connectivity index (χ0n) is 41.2. The van der Waals surface area contributed by atoms with Crippen LogP contribution in [0.25, 0.3) is 0 Å². The summed E-state index contributed by atoms with van der Waals surface area (Å²) < 4.78 is 40.6. The van der Waals surface area contributed by atoms with E-state index in [2.05, 4.69) is 63.3 Å². The first-order chi connectivity index (χ1) is 30.8. The third-order valence-electron chi connectivity index (χ3n) is 11.1. The maximum atomic E-state index is 12.8. The van der Waals surface area contributed by atoms with Crippen molar-refractivity contribution in [2.45, 2.75) is 194 Å². The van der Waals surface area contributed by atoms with Crippen molar-refractivity contribution in [2.24, 2.45) is 0 Å². The van der Waals surface area contributed by atoms with Crippen LogP contribution in [0.15, 0.2) is 53.0 Å². The highest BCUT2D eigenvalue weighted by Crippen LogP contribution is 2.43. The standard InChI is InChI=1S/C52H90NO10P/c1-7-8-32-37-49-46(2)47(3)50(63-49)38-33-28-24-20-17-18-22-26-30-35-40-52(56)62-48(45-61-64(57,58)60-43-41-53(4,5)6)44-59-51(55)39-34-29-25-21-16-14-12-10-9-11-13-15-19-23-27-31-36-42-54/h9,11-12,14-15,19,21,25,48,54H,7-8,10,13,16-18,20,22-24,26-45H2,1-6H3/p+1/b11-9-,14-12-,19-15-,25-21-/t48-/m1/s1. The molecule has 0 saturated carbocycles. The Hall–Kier alpha value is -2.79. The van der Waals surface area contributed by atoms with E-state index in [0.29, 0.717) is 23.9 Å². The molecule has 1 aromatic rings. The van der Waals surface area contributed by atoms with Crippen molar-refractivity contribution in [2.75, 3.05) is 54.1 Å². The molecule has 1 rings (SSSR count). The molecule has 1 aromatic heterocycles. The van der Waals surface area contributed by atoms with Gasteiger partial charge in [0.1, 0.15) is 31.3 Å². The second-order valence-electron chi connectivity index (χ2n) is 18.2. The highest BCUT2D eigenvalue weighted by atomic mass is 31.2. The monoisotopic (exact) mass is 921 g/mol. The number of aryl methyl sites for hydroxylation is 2. The van der Waals surface area contributed by atoms with Gasteiger partial charge in [0.15, 0.2) is 6.10 Å². The minimum Gasteiger partial charge on any atom is -0.466 e. The van der Waals surface area contributed by atoms with Crippen molar-refractivity contribution in [3.05, 3.63) is 71.3 Å². The lowest BCUT2D eigenvalue weighted by molar-refractivity contribution is -0.870. The number of quaternary nitrogens is 1. The van der Waals surface area contributed by atoms with Crippen molar-refractivity contribution in [1.29, 1.82) is 0 Å². The number of unbranched alkanes of at least 4 members (excludes halogenated alkanes) is 15. The maximum absolute atomic E-state index is 12.8. The lowest BCUT2D eigenvalue weighted by Crippen LogP contribution is -2.37. The molecule has 1 unspecified atom stereocenters. The zero-order valence-corrected chi connectivity index (χ0v) is 42.1. The molecule has 1 heterocycles. The first-order valence-corrected chi connectivity index (χ1v) is 26.3. The Kier molecular flexibility index (Phi) is 35.5. The molecule has 0 aliphatic carbocycles. The van der Waals surface area contributed by atoms with Gasteiger partial charge in [-0.1, -0.05) is 126 Å². The minimum atomic E-state index is -4.41. The van der Waals surface area contributed by atoms with E-state index >= 15 is 0 Å². The minimum absolute atomic E-state index is 0.0113. The molecule has 11 nitrogen and oxygen atoms in total. The number of carbonyl (C=O) groups is 2. The van der Waals surface area contributed by atoms with Crippen molar-refractivity contribution < 1.29 is 51.6 Å². The summed E-state index contributed by atoms with van der Waals surface area (Å²) in [5.41, 5.74) is 2.68. The van der Waals surface area contributed by atoms with Crippen LogP contribution < -0.4 is 0 Å². The predicted octanol–water partition coefficient (Wildman–Crippen LogP) is 12.9. The topological polar surface area (TPSA) is 142 Å². The predicted molar refractivity (Wildman–Crippen MR) is 261 cm³/mol. The molecular formula is C52H91NO10P+. The second kappa shape index (κ2) is 38.3. The summed E-state index contributed by atoms with van der Waals surface area (Å²) in [5, 5.41) is 8.81. The van der Waals surface area contributed by atoms with Gasteiger partial charge in [-0.05, 0) is 95.6 Å². The number of hydrogen-bond donors (Lipinski definition) is 2. The Balaban J connectivity index is 2.33. The molecule has 0 fully saturated rings. The lowest BCUT2D eigenvalue weighted by Gasteiger charge is -2.24. The first kappa shape index (κ1) is 59.2. The number of hydrogen-bond acceptors (Lipinski definition) is 9. The highest BCUT2D eigenvalue weighted by Gasteiger charge is 2.27. The second-order valence-corrected chi connectivity index (χ2v) is 19.6. The van der Waals surface area contributed by atoms with Gasteiger partial charge in [0, 0.05) is 32.3 Å². The van der Waals surface area contributed by atoms with Gasteiger partial charge in [0.2, 0.25) is 0 Å². The third-order valence-corrected chi connectivity index (χ3v) is 12.1. The smallest absolute Gasteiger partial charge is 0.466 e. The summed E-state index contributed by atoms with van der Waals surface area (Å²) >= 11 is 0. The van der Waals surface area contributed by atoms with Gasteiger partial charge in [-0.3, -0.25) is 18.6 Å². The number of aliphatic hydroxyl groups excluding tert-OH is 1. The number of esters is 2. The van der Waals surface area contributed by atoms with Crippen LogP contribution in [0.2, 0.25) is 0 Å². The summed E-state index contributed by atoms with van der Waals surface area (Å²) in [5.74, 6) is 1.47. The summed E-state index contributed by atoms with van der Waals surface area (Å²) in [6.45, 7) is 6.70. The molecule has 12 heteroatoms. The number of allylic oxidation sites excluding steroid dienone is 8. The van der Waals surface area contributed by atoms with Crippen LogP contribution in [0.4, 0.5) is 0 Å². The Labute approximate surface area is 389 Å². The summed E-state index contributed by atoms with van der Waals surface area (Å²) in [6.07, 6.45) is 41.4. The van der Waals surface area contributed by atoms with Crippen LogP contribution >= 0.6 is 7.82 Å². The molecular weight excluding hydrogens is 830 g/mol. The highest BCUT2D eigenvalue weighted by molar-refractivity contribution is 7.47. The first-order valence-electron chi connectivity index (χ1n) is 24.8. The van der Waals surface area contributed by atoms with Crippen molar-refractivity contribution in [1.82, 2.24) is 0 Å². The molecule has 2 atom stereocenters. The molecule has 0 saturated heterocycles. The fourth-order valence-corrected chi connectivity index (χ4v) is 7.67. The quantitative estimate of drug-likeness (QED) is 0.0214. The molecule has 0 amide bonds. The Bertz CT molecular complexity index is 1510. The average molecular weight is 921 g/mol. The molecule has 2 N–H and O–H groups in total. The molecule has 0 radical (unpaired) electrons. The number of furan rings is 1. The van der Waals surface area contributed by atoms with Crippen molar-refractivity contribution >= 4 is 19.8 Å². The van der Waals surface area contributed by atoms with Gasteiger partial charge in [-0.15, -0.1) is 0 Å². The normalized spacial score (nSPS) is 13.8. The lowest BCUT2D eigenvalue weighted by atomic mass is 10.0. The molecule has 0 bridgehead atoms. The number of carbonyl (C=O) groups excluding carboxylic acids is 2. The fraction of sp³-hybridized carbons (Fsp3) is 0.731. The van der Waals surface area contributed by atoms with Crippen LogP contribution in [0.3, 0.4) is 0 Å². The van der Waals surface area contributed by atoms with E-state index in [4.69, 9.17) is 28.0 Å². The van der Waals surface area contributed by atoms with Gasteiger partial charge in [0.05, 0.1) is 27.7 Å². The van der Waals surface area contributed by atoms with Crippen LogP contribution in [0.1, 0.15) is 184 Å². The maximum Gasteiger partial charge on any atom is 0.472 e. The van der Waals surface area contributed by atoms with E-state index < -0.39 is 32.5 Å². The largest absolute Gasteiger partial charge is 0.472 e. The van der Waals surface area contributed by atoms with E-state index in [9.17, 15) is 19.0 Å². The SMILES string of the molecule is CCCCCc1oc(CCCCCCCCCCCCC(=O)O[C@H](COC(=O)CCC/C=C\C/C=C\C/C=C\C/C=C\CCCCCO)COP(=O)(O)OCC[N+](C)(C)C)c(C)c1C. The van der Waals surface area contributed by atoms with E-state index in [0.717, 1.165) is 83.5 Å². The van der Waals surface area contributed by atoms with Gasteiger partial charge in [-0.2, -0.15) is 0 Å². The van der Waals surface area contributed by atoms with Gasteiger partial charge in [0.25, 0.3) is 0 Å². The van der Waals surface area contributed by atoms with Crippen LogP contribution in [0.5, 0.6) is 0 Å². The van der Waals surface area contributed by atoms with E-state index in [1.807, 2.05) is 27.2 Å². The summed E-state index contributed by atoms with van der Waals surface area (Å²) in [7, 11) is 1.41. The number of aliphatic hydroxyl groups is 1. The molecule has 0 aromatic carbocycles. The summed E-state index contributed by atoms with van der Waals surface area (Å²) in [6, 6.07) is 0. The zero-order chi connectivity index (χ0) is 47.2. The van der Waals surface area contributed by atoms with Crippen LogP contribution in [-0.2, 0) is 45.5 Å². The van der Waals surface area contributed by atoms with Crippen LogP contribution in [-0.4, -0.2) is 86.6 Å². The van der Waals surface area contributed by atoms with Crippen molar-refractivity contribution in [3.8, 4) is 0 Å². The number of phosphoric ester groups is 1. The molecule has 0 aliphatic heterocycles. The number of ether oxygens (including phenoxy) is 2. The van der Waals surface area contributed by atoms with Gasteiger partial charge >= 0.3 is 19.8 Å². The number of rotatable bonds is 42.